The molecule has 5 N–H and O–H groups in total. The maximum Gasteiger partial charge on any atom is 0.252 e. The monoisotopic (exact) mass is 448 g/mol. The van der Waals surface area contributed by atoms with Gasteiger partial charge in [0.15, 0.2) is 0 Å². The van der Waals surface area contributed by atoms with E-state index in [-0.39, 0.29) is 11.8 Å². The number of nitrogens with two attached hydrogens (primary N) is 1. The highest BCUT2D eigenvalue weighted by atomic mass is 16.2. The Kier molecular flexibility index (Phi) is 8.57. The third-order valence-electron chi connectivity index (χ3n) is 5.92. The molecule has 1 saturated carbocycles. The molecule has 8 heteroatoms. The largest absolute Gasteiger partial charge is 0.403 e. The van der Waals surface area contributed by atoms with Crippen LogP contribution in [0.25, 0.3) is 0 Å². The van der Waals surface area contributed by atoms with E-state index in [2.05, 4.69) is 25.9 Å². The van der Waals surface area contributed by atoms with E-state index in [4.69, 9.17) is 5.73 Å². The summed E-state index contributed by atoms with van der Waals surface area (Å²) in [5.74, 6) is -0.172. The molecule has 2 amide bonds. The lowest BCUT2D eigenvalue weighted by Gasteiger charge is -2.22. The summed E-state index contributed by atoms with van der Waals surface area (Å²) in [6, 6.07) is 8.55. The van der Waals surface area contributed by atoms with Gasteiger partial charge in [-0.1, -0.05) is 31.7 Å². The molecule has 0 bridgehead atoms. The summed E-state index contributed by atoms with van der Waals surface area (Å²) in [5.41, 5.74) is 9.00. The summed E-state index contributed by atoms with van der Waals surface area (Å²) >= 11 is 0. The molecular formula is C25H32N6O2. The summed E-state index contributed by atoms with van der Waals surface area (Å²) in [6.07, 6.45) is 11.2. The number of rotatable bonds is 9. The molecule has 2 aromatic rings. The molecule has 0 radical (unpaired) electrons. The molecule has 33 heavy (non-hydrogen) atoms. The van der Waals surface area contributed by atoms with Crippen LogP contribution in [0.15, 0.2) is 59.6 Å². The molecule has 0 spiro atoms. The molecule has 1 heterocycles. The van der Waals surface area contributed by atoms with Crippen molar-refractivity contribution in [3.05, 3.63) is 65.7 Å². The smallest absolute Gasteiger partial charge is 0.252 e. The van der Waals surface area contributed by atoms with Gasteiger partial charge in [-0.15, -0.1) is 0 Å². The van der Waals surface area contributed by atoms with Gasteiger partial charge in [0.2, 0.25) is 5.91 Å². The van der Waals surface area contributed by atoms with Gasteiger partial charge in [-0.3, -0.25) is 19.6 Å². The number of hydrogen-bond donors (Lipinski definition) is 4. The molecule has 8 nitrogen and oxygen atoms in total. The van der Waals surface area contributed by atoms with Gasteiger partial charge in [0.1, 0.15) is 6.04 Å². The first kappa shape index (κ1) is 24.0. The maximum absolute atomic E-state index is 13.2. The molecular weight excluding hydrogens is 416 g/mol. The Morgan fingerprint density at radius 2 is 1.94 bits per heavy atom. The number of carbonyl (C=O) groups excluding carboxylic acids is 2. The fourth-order valence-corrected chi connectivity index (χ4v) is 4.14. The Hall–Kier alpha value is -3.68. The van der Waals surface area contributed by atoms with Gasteiger partial charge < -0.3 is 21.7 Å². The van der Waals surface area contributed by atoms with E-state index in [0.29, 0.717) is 23.6 Å². The number of aliphatic imine (C=N–C) groups is 1. The fraction of sp³-hybridized carbons (Fsp3) is 0.360. The van der Waals surface area contributed by atoms with Crippen LogP contribution in [-0.2, 0) is 4.79 Å². The molecule has 0 aliphatic heterocycles. The second-order valence-electron chi connectivity index (χ2n) is 8.25. The normalized spacial score (nSPS) is 15.4. The first-order valence-electron chi connectivity index (χ1n) is 11.2. The number of nitrogens with one attached hydrogen (secondary N) is 3. The molecule has 174 valence electrons. The molecule has 1 aliphatic carbocycles. The number of nitrogens with zero attached hydrogens (tertiary/aromatic N) is 2. The molecule has 1 aromatic heterocycles. The summed E-state index contributed by atoms with van der Waals surface area (Å²) < 4.78 is 0. The zero-order valence-corrected chi connectivity index (χ0v) is 19.2. The van der Waals surface area contributed by atoms with Crippen LogP contribution in [0.1, 0.15) is 48.0 Å². The van der Waals surface area contributed by atoms with Crippen molar-refractivity contribution >= 4 is 29.4 Å². The first-order chi connectivity index (χ1) is 16.0. The van der Waals surface area contributed by atoms with Gasteiger partial charge in [-0.2, -0.15) is 0 Å². The minimum atomic E-state index is -0.669. The first-order valence-corrected chi connectivity index (χ1v) is 11.2. The van der Waals surface area contributed by atoms with Gasteiger partial charge in [-0.25, -0.2) is 0 Å². The van der Waals surface area contributed by atoms with E-state index in [9.17, 15) is 9.59 Å². The second-order valence-corrected chi connectivity index (χ2v) is 8.25. The summed E-state index contributed by atoms with van der Waals surface area (Å²) in [6.45, 7) is 1.89. The highest BCUT2D eigenvalue weighted by molar-refractivity contribution is 6.00. The van der Waals surface area contributed by atoms with Gasteiger partial charge in [0, 0.05) is 48.8 Å². The lowest BCUT2D eigenvalue weighted by molar-refractivity contribution is -0.122. The van der Waals surface area contributed by atoms with Crippen molar-refractivity contribution in [1.82, 2.24) is 15.6 Å². The number of aromatic nitrogens is 1. The third kappa shape index (κ3) is 6.65. The molecule has 1 aromatic carbocycles. The number of allylic oxidation sites excluding steroid dienone is 1. The Morgan fingerprint density at radius 1 is 1.21 bits per heavy atom. The Morgan fingerprint density at radius 3 is 2.61 bits per heavy atom. The van der Waals surface area contributed by atoms with Crippen molar-refractivity contribution in [2.24, 2.45) is 16.6 Å². The zero-order chi connectivity index (χ0) is 23.6. The number of carbonyl (C=O) groups is 2. The van der Waals surface area contributed by atoms with Crippen molar-refractivity contribution in [2.45, 2.75) is 45.1 Å². The van der Waals surface area contributed by atoms with Crippen molar-refractivity contribution in [3.8, 4) is 0 Å². The molecule has 1 aliphatic rings. The number of amides is 2. The molecule has 3 rings (SSSR count). The molecule has 1 unspecified atom stereocenters. The highest BCUT2D eigenvalue weighted by Crippen LogP contribution is 2.29. The van der Waals surface area contributed by atoms with E-state index >= 15 is 0 Å². The van der Waals surface area contributed by atoms with Crippen LogP contribution >= 0.6 is 0 Å². The van der Waals surface area contributed by atoms with E-state index in [1.165, 1.54) is 12.4 Å². The van der Waals surface area contributed by atoms with E-state index < -0.39 is 6.04 Å². The highest BCUT2D eigenvalue weighted by Gasteiger charge is 2.28. The van der Waals surface area contributed by atoms with Crippen LogP contribution in [0.5, 0.6) is 0 Å². The van der Waals surface area contributed by atoms with Gasteiger partial charge in [-0.05, 0) is 49.1 Å². The van der Waals surface area contributed by atoms with Crippen molar-refractivity contribution in [1.29, 1.82) is 0 Å². The van der Waals surface area contributed by atoms with Gasteiger partial charge in [0.25, 0.3) is 5.91 Å². The van der Waals surface area contributed by atoms with Crippen molar-refractivity contribution < 1.29 is 9.59 Å². The SMILES string of the molecule is CN=C/C(=C\N)NC(=O)C(CC1CCCC1)NC(=O)c1cccc(Nc2ccncc2)c1C. The Bertz CT molecular complexity index is 1010. The maximum atomic E-state index is 13.2. The number of hydrogen-bond acceptors (Lipinski definition) is 6. The lowest BCUT2D eigenvalue weighted by Crippen LogP contribution is -2.47. The van der Waals surface area contributed by atoms with E-state index in [1.807, 2.05) is 31.2 Å². The van der Waals surface area contributed by atoms with Gasteiger partial charge >= 0.3 is 0 Å². The van der Waals surface area contributed by atoms with Crippen LogP contribution in [0, 0.1) is 12.8 Å². The van der Waals surface area contributed by atoms with E-state index in [1.54, 1.807) is 25.5 Å². The third-order valence-corrected chi connectivity index (χ3v) is 5.92. The number of anilines is 2. The van der Waals surface area contributed by atoms with Crippen LogP contribution in [0.4, 0.5) is 11.4 Å². The summed E-state index contributed by atoms with van der Waals surface area (Å²) in [4.78, 5) is 34.2. The number of benzene rings is 1. The van der Waals surface area contributed by atoms with E-state index in [0.717, 1.165) is 42.6 Å². The van der Waals surface area contributed by atoms with Crippen LogP contribution in [0.3, 0.4) is 0 Å². The molecule has 1 fully saturated rings. The lowest BCUT2D eigenvalue weighted by atomic mass is 9.97. The Balaban J connectivity index is 1.78. The minimum absolute atomic E-state index is 0.286. The fourth-order valence-electron chi connectivity index (χ4n) is 4.14. The average Bonchev–Trinajstić information content (AvgIpc) is 3.33. The zero-order valence-electron chi connectivity index (χ0n) is 19.2. The summed E-state index contributed by atoms with van der Waals surface area (Å²) in [5, 5.41) is 9.05. The Labute approximate surface area is 194 Å². The topological polar surface area (TPSA) is 121 Å². The predicted octanol–water partition coefficient (Wildman–Crippen LogP) is 3.43. The van der Waals surface area contributed by atoms with Crippen LogP contribution in [-0.4, -0.2) is 36.1 Å². The summed E-state index contributed by atoms with van der Waals surface area (Å²) in [7, 11) is 1.60. The quantitative estimate of drug-likeness (QED) is 0.438. The van der Waals surface area contributed by atoms with Crippen LogP contribution in [0.2, 0.25) is 0 Å². The van der Waals surface area contributed by atoms with Crippen molar-refractivity contribution in [2.75, 3.05) is 12.4 Å². The average molecular weight is 449 g/mol. The predicted molar refractivity (Wildman–Crippen MR) is 131 cm³/mol. The molecule has 1 atom stereocenters. The standard InChI is InChI=1S/C25H32N6O2/c1-17-21(8-5-9-22(17)29-19-10-12-28-13-11-19)24(32)31-23(14-18-6-3-4-7-18)25(33)30-20(15-26)16-27-2/h5,8-13,15-16,18,23H,3-4,6-7,14,26H2,1-2H3,(H,28,29)(H,30,33)(H,31,32)/b20-15+,27-16?. The minimum Gasteiger partial charge on any atom is -0.403 e. The van der Waals surface area contributed by atoms with Crippen molar-refractivity contribution in [3.63, 3.8) is 0 Å². The van der Waals surface area contributed by atoms with Gasteiger partial charge in [0.05, 0.1) is 5.70 Å². The second kappa shape index (κ2) is 11.8. The number of pyridine rings is 1. The molecule has 0 saturated heterocycles. The van der Waals surface area contributed by atoms with Crippen LogP contribution < -0.4 is 21.7 Å².